The van der Waals surface area contributed by atoms with Crippen molar-refractivity contribution in [3.05, 3.63) is 0 Å². The molecule has 0 aromatic carbocycles. The molecule has 2 aliphatic rings. The number of amides is 1. The quantitative estimate of drug-likeness (QED) is 0.704. The Bertz CT molecular complexity index is 193. The van der Waals surface area contributed by atoms with Crippen molar-refractivity contribution in [1.82, 2.24) is 10.6 Å². The van der Waals surface area contributed by atoms with E-state index in [1.165, 1.54) is 19.3 Å². The van der Waals surface area contributed by atoms with Crippen LogP contribution in [-0.4, -0.2) is 25.5 Å². The first kappa shape index (κ1) is 9.97. The molecule has 1 heterocycles. The summed E-state index contributed by atoms with van der Waals surface area (Å²) in [5.41, 5.74) is 0. The minimum Gasteiger partial charge on any atom is -0.356 e. The number of carbonyl (C=O) groups is 1. The molecule has 0 aromatic heterocycles. The molecule has 2 N–H and O–H groups in total. The molecule has 2 fully saturated rings. The Hall–Kier alpha value is -0.570. The Kier molecular flexibility index (Phi) is 3.40. The highest BCUT2D eigenvalue weighted by Gasteiger charge is 2.23. The number of hydrogen-bond donors (Lipinski definition) is 2. The highest BCUT2D eigenvalue weighted by Crippen LogP contribution is 2.24. The zero-order valence-electron chi connectivity index (χ0n) is 8.72. The molecule has 1 aliphatic carbocycles. The second-order valence-corrected chi connectivity index (χ2v) is 4.59. The molecule has 1 aliphatic heterocycles. The smallest absolute Gasteiger partial charge is 0.223 e. The van der Waals surface area contributed by atoms with Gasteiger partial charge in [-0.3, -0.25) is 4.79 Å². The van der Waals surface area contributed by atoms with E-state index in [-0.39, 0.29) is 0 Å². The molecule has 1 saturated heterocycles. The van der Waals surface area contributed by atoms with Gasteiger partial charge in [-0.1, -0.05) is 12.8 Å². The molecule has 3 heteroatoms. The third kappa shape index (κ3) is 2.47. The van der Waals surface area contributed by atoms with Crippen LogP contribution >= 0.6 is 0 Å². The van der Waals surface area contributed by atoms with Gasteiger partial charge >= 0.3 is 0 Å². The van der Waals surface area contributed by atoms with Gasteiger partial charge in [0.1, 0.15) is 0 Å². The van der Waals surface area contributed by atoms with Gasteiger partial charge in [0.05, 0.1) is 0 Å². The van der Waals surface area contributed by atoms with Gasteiger partial charge in [0.25, 0.3) is 0 Å². The minimum atomic E-state index is 0.300. The van der Waals surface area contributed by atoms with E-state index in [4.69, 9.17) is 0 Å². The second kappa shape index (κ2) is 4.78. The largest absolute Gasteiger partial charge is 0.356 e. The van der Waals surface area contributed by atoms with Crippen molar-refractivity contribution in [3.8, 4) is 0 Å². The van der Waals surface area contributed by atoms with Crippen LogP contribution in [0.15, 0.2) is 0 Å². The summed E-state index contributed by atoms with van der Waals surface area (Å²) in [6.07, 6.45) is 5.90. The van der Waals surface area contributed by atoms with E-state index < -0.39 is 0 Å². The Balaban J connectivity index is 1.66. The average Bonchev–Trinajstić information content (AvgIpc) is 2.87. The molecule has 1 saturated carbocycles. The molecule has 14 heavy (non-hydrogen) atoms. The first-order chi connectivity index (χ1) is 6.86. The lowest BCUT2D eigenvalue weighted by atomic mass is 10.1. The van der Waals surface area contributed by atoms with Crippen LogP contribution in [0.4, 0.5) is 0 Å². The molecule has 1 unspecified atom stereocenters. The van der Waals surface area contributed by atoms with Gasteiger partial charge in [-0.25, -0.2) is 0 Å². The van der Waals surface area contributed by atoms with E-state index >= 15 is 0 Å². The summed E-state index contributed by atoms with van der Waals surface area (Å²) in [7, 11) is 0. The molecule has 0 spiro atoms. The van der Waals surface area contributed by atoms with Gasteiger partial charge in [0.15, 0.2) is 0 Å². The van der Waals surface area contributed by atoms with Crippen LogP contribution in [0.3, 0.4) is 0 Å². The highest BCUT2D eigenvalue weighted by molar-refractivity contribution is 5.78. The van der Waals surface area contributed by atoms with E-state index in [1.807, 2.05) is 0 Å². The number of nitrogens with one attached hydrogen (secondary N) is 2. The Morgan fingerprint density at radius 2 is 2.07 bits per heavy atom. The SMILES string of the molecule is O=C(NCC1CCNC1)C1CCCC1. The lowest BCUT2D eigenvalue weighted by molar-refractivity contribution is -0.124. The first-order valence-electron chi connectivity index (χ1n) is 5.84. The van der Waals surface area contributed by atoms with Crippen LogP contribution in [0.5, 0.6) is 0 Å². The summed E-state index contributed by atoms with van der Waals surface area (Å²) < 4.78 is 0. The monoisotopic (exact) mass is 196 g/mol. The zero-order chi connectivity index (χ0) is 9.80. The Morgan fingerprint density at radius 1 is 1.29 bits per heavy atom. The van der Waals surface area contributed by atoms with E-state index in [9.17, 15) is 4.79 Å². The fourth-order valence-corrected chi connectivity index (χ4v) is 2.47. The van der Waals surface area contributed by atoms with Crippen LogP contribution in [0.2, 0.25) is 0 Å². The lowest BCUT2D eigenvalue weighted by Gasteiger charge is -2.13. The molecule has 0 radical (unpaired) electrons. The van der Waals surface area contributed by atoms with Crippen LogP contribution in [-0.2, 0) is 4.79 Å². The van der Waals surface area contributed by atoms with Crippen LogP contribution < -0.4 is 10.6 Å². The molecular formula is C11H20N2O. The third-order valence-electron chi connectivity index (χ3n) is 3.45. The maximum absolute atomic E-state index is 11.7. The predicted molar refractivity (Wildman–Crippen MR) is 55.9 cm³/mol. The molecule has 1 atom stereocenters. The van der Waals surface area contributed by atoms with Crippen molar-refractivity contribution >= 4 is 5.91 Å². The fraction of sp³-hybridized carbons (Fsp3) is 0.909. The predicted octanol–water partition coefficient (Wildman–Crippen LogP) is 0.902. The van der Waals surface area contributed by atoms with E-state index in [0.29, 0.717) is 17.7 Å². The van der Waals surface area contributed by atoms with E-state index in [2.05, 4.69) is 10.6 Å². The van der Waals surface area contributed by atoms with Crippen molar-refractivity contribution in [3.63, 3.8) is 0 Å². The summed E-state index contributed by atoms with van der Waals surface area (Å²) in [4.78, 5) is 11.7. The van der Waals surface area contributed by atoms with Gasteiger partial charge in [0, 0.05) is 12.5 Å². The fourth-order valence-electron chi connectivity index (χ4n) is 2.47. The van der Waals surface area contributed by atoms with Gasteiger partial charge in [-0.2, -0.15) is 0 Å². The number of rotatable bonds is 3. The minimum absolute atomic E-state index is 0.300. The Morgan fingerprint density at radius 3 is 2.71 bits per heavy atom. The van der Waals surface area contributed by atoms with Crippen LogP contribution in [0.25, 0.3) is 0 Å². The lowest BCUT2D eigenvalue weighted by Crippen LogP contribution is -2.34. The first-order valence-corrected chi connectivity index (χ1v) is 5.84. The molecule has 3 nitrogen and oxygen atoms in total. The average molecular weight is 196 g/mol. The van der Waals surface area contributed by atoms with E-state index in [1.54, 1.807) is 0 Å². The zero-order valence-corrected chi connectivity index (χ0v) is 8.72. The summed E-state index contributed by atoms with van der Waals surface area (Å²) in [6.45, 7) is 3.07. The molecule has 80 valence electrons. The molecule has 1 amide bonds. The van der Waals surface area contributed by atoms with Crippen molar-refractivity contribution in [1.29, 1.82) is 0 Å². The van der Waals surface area contributed by atoms with Crippen molar-refractivity contribution < 1.29 is 4.79 Å². The summed E-state index contributed by atoms with van der Waals surface area (Å²) >= 11 is 0. The summed E-state index contributed by atoms with van der Waals surface area (Å²) in [5.74, 6) is 1.29. The molecule has 2 rings (SSSR count). The summed E-state index contributed by atoms with van der Waals surface area (Å²) in [6, 6.07) is 0. The van der Waals surface area contributed by atoms with Crippen molar-refractivity contribution in [2.45, 2.75) is 32.1 Å². The topological polar surface area (TPSA) is 41.1 Å². The van der Waals surface area contributed by atoms with Gasteiger partial charge in [0.2, 0.25) is 5.91 Å². The van der Waals surface area contributed by atoms with E-state index in [0.717, 1.165) is 32.5 Å². The third-order valence-corrected chi connectivity index (χ3v) is 3.45. The highest BCUT2D eigenvalue weighted by atomic mass is 16.1. The maximum atomic E-state index is 11.7. The van der Waals surface area contributed by atoms with Gasteiger partial charge in [-0.05, 0) is 38.3 Å². The molecular weight excluding hydrogens is 176 g/mol. The van der Waals surface area contributed by atoms with Crippen LogP contribution in [0, 0.1) is 11.8 Å². The van der Waals surface area contributed by atoms with Crippen molar-refractivity contribution in [2.75, 3.05) is 19.6 Å². The Labute approximate surface area is 85.6 Å². The second-order valence-electron chi connectivity index (χ2n) is 4.59. The molecule has 0 aromatic rings. The van der Waals surface area contributed by atoms with Gasteiger partial charge in [-0.15, -0.1) is 0 Å². The molecule has 0 bridgehead atoms. The van der Waals surface area contributed by atoms with Gasteiger partial charge < -0.3 is 10.6 Å². The summed E-state index contributed by atoms with van der Waals surface area (Å²) in [5, 5.41) is 6.40. The number of carbonyl (C=O) groups excluding carboxylic acids is 1. The standard InChI is InChI=1S/C11H20N2O/c14-11(10-3-1-2-4-10)13-8-9-5-6-12-7-9/h9-10,12H,1-8H2,(H,13,14). The number of hydrogen-bond acceptors (Lipinski definition) is 2. The maximum Gasteiger partial charge on any atom is 0.223 e. The van der Waals surface area contributed by atoms with Crippen LogP contribution in [0.1, 0.15) is 32.1 Å². The normalized spacial score (nSPS) is 28.1. The van der Waals surface area contributed by atoms with Crippen molar-refractivity contribution in [2.24, 2.45) is 11.8 Å².